The van der Waals surface area contributed by atoms with E-state index in [9.17, 15) is 18.4 Å². The quantitative estimate of drug-likeness (QED) is 0.520. The van der Waals surface area contributed by atoms with Crippen molar-refractivity contribution in [1.82, 2.24) is 20.1 Å². The zero-order chi connectivity index (χ0) is 22.4. The number of halogens is 2. The van der Waals surface area contributed by atoms with Crippen molar-refractivity contribution >= 4 is 29.3 Å². The molecular formula is C21H21F2N5O2S. The van der Waals surface area contributed by atoms with Crippen molar-refractivity contribution in [1.29, 1.82) is 0 Å². The van der Waals surface area contributed by atoms with Gasteiger partial charge in [0.25, 0.3) is 5.91 Å². The van der Waals surface area contributed by atoms with Gasteiger partial charge in [-0.05, 0) is 43.7 Å². The van der Waals surface area contributed by atoms with Crippen LogP contribution in [0, 0.1) is 11.6 Å². The maximum Gasteiger partial charge on any atom is 0.251 e. The molecule has 1 atom stereocenters. The van der Waals surface area contributed by atoms with E-state index in [4.69, 9.17) is 0 Å². The first kappa shape index (κ1) is 22.4. The van der Waals surface area contributed by atoms with Gasteiger partial charge in [0.15, 0.2) is 5.16 Å². The molecule has 0 saturated heterocycles. The number of carbonyl (C=O) groups is 2. The number of amides is 2. The standard InChI is InChI=1S/C21H21F2N5O2S/c1-13(9-16-17(22)7-4-8-18(16)23)25-20(30)14-5-3-6-15(10-14)26-19(29)11-31-21-27-24-12-28(21)2/h3-8,10,12-13H,9,11H2,1-2H3,(H,25,30)(H,26,29). The fourth-order valence-electron chi connectivity index (χ4n) is 2.86. The minimum absolute atomic E-state index is 0.0138. The van der Waals surface area contributed by atoms with Gasteiger partial charge in [0.2, 0.25) is 5.91 Å². The molecule has 0 bridgehead atoms. The van der Waals surface area contributed by atoms with Crippen LogP contribution in [0.5, 0.6) is 0 Å². The van der Waals surface area contributed by atoms with Crippen molar-refractivity contribution in [2.45, 2.75) is 24.5 Å². The van der Waals surface area contributed by atoms with E-state index in [0.29, 0.717) is 16.4 Å². The molecule has 2 aromatic carbocycles. The Morgan fingerprint density at radius 2 is 1.87 bits per heavy atom. The molecule has 0 spiro atoms. The maximum absolute atomic E-state index is 13.8. The van der Waals surface area contributed by atoms with Crippen LogP contribution in [0.3, 0.4) is 0 Å². The second-order valence-corrected chi connectivity index (χ2v) is 7.86. The Labute approximate surface area is 182 Å². The van der Waals surface area contributed by atoms with E-state index in [-0.39, 0.29) is 23.6 Å². The molecule has 2 N–H and O–H groups in total. The van der Waals surface area contributed by atoms with Crippen LogP contribution in [0.4, 0.5) is 14.5 Å². The number of aryl methyl sites for hydroxylation is 1. The monoisotopic (exact) mass is 445 g/mol. The summed E-state index contributed by atoms with van der Waals surface area (Å²) in [5, 5.41) is 13.7. The number of nitrogens with zero attached hydrogens (tertiary/aromatic N) is 3. The van der Waals surface area contributed by atoms with Gasteiger partial charge in [-0.2, -0.15) is 0 Å². The van der Waals surface area contributed by atoms with E-state index in [1.54, 1.807) is 43.1 Å². The van der Waals surface area contributed by atoms with Crippen molar-refractivity contribution in [3.05, 3.63) is 71.6 Å². The molecule has 1 heterocycles. The third kappa shape index (κ3) is 6.11. The van der Waals surface area contributed by atoms with Gasteiger partial charge in [-0.25, -0.2) is 8.78 Å². The summed E-state index contributed by atoms with van der Waals surface area (Å²) in [6, 6.07) is 9.60. The van der Waals surface area contributed by atoms with Crippen LogP contribution in [0.2, 0.25) is 0 Å². The normalized spacial score (nSPS) is 11.7. The number of anilines is 1. The zero-order valence-electron chi connectivity index (χ0n) is 16.9. The number of thioether (sulfide) groups is 1. The molecule has 3 aromatic rings. The average Bonchev–Trinajstić information content (AvgIpc) is 3.14. The van der Waals surface area contributed by atoms with Crippen molar-refractivity contribution in [2.75, 3.05) is 11.1 Å². The Kier molecular flexibility index (Phi) is 7.35. The van der Waals surface area contributed by atoms with Crippen LogP contribution < -0.4 is 10.6 Å². The van der Waals surface area contributed by atoms with Gasteiger partial charge >= 0.3 is 0 Å². The molecule has 0 fully saturated rings. The number of nitrogens with one attached hydrogen (secondary N) is 2. The van der Waals surface area contributed by atoms with Crippen LogP contribution >= 0.6 is 11.8 Å². The lowest BCUT2D eigenvalue weighted by molar-refractivity contribution is -0.113. The Balaban J connectivity index is 1.56. The van der Waals surface area contributed by atoms with Gasteiger partial charge in [0.05, 0.1) is 5.75 Å². The summed E-state index contributed by atoms with van der Waals surface area (Å²) in [5.74, 6) is -1.83. The number of hydrogen-bond acceptors (Lipinski definition) is 5. The van der Waals surface area contributed by atoms with Gasteiger partial charge in [-0.15, -0.1) is 10.2 Å². The number of carbonyl (C=O) groups excluding carboxylic acids is 2. The van der Waals surface area contributed by atoms with E-state index >= 15 is 0 Å². The summed E-state index contributed by atoms with van der Waals surface area (Å²) >= 11 is 1.24. The molecule has 7 nitrogen and oxygen atoms in total. The van der Waals surface area contributed by atoms with Crippen LogP contribution in [0.25, 0.3) is 0 Å². The van der Waals surface area contributed by atoms with Gasteiger partial charge in [-0.1, -0.05) is 23.9 Å². The maximum atomic E-state index is 13.8. The fourth-order valence-corrected chi connectivity index (χ4v) is 3.55. The zero-order valence-corrected chi connectivity index (χ0v) is 17.7. The number of benzene rings is 2. The van der Waals surface area contributed by atoms with Crippen LogP contribution in [-0.2, 0) is 18.3 Å². The van der Waals surface area contributed by atoms with Crippen LogP contribution in [0.1, 0.15) is 22.8 Å². The SMILES string of the molecule is CC(Cc1c(F)cccc1F)NC(=O)c1cccc(NC(=O)CSc2nncn2C)c1. The largest absolute Gasteiger partial charge is 0.349 e. The molecule has 0 saturated carbocycles. The lowest BCUT2D eigenvalue weighted by atomic mass is 10.1. The third-order valence-corrected chi connectivity index (χ3v) is 5.39. The minimum Gasteiger partial charge on any atom is -0.349 e. The Morgan fingerprint density at radius 3 is 2.55 bits per heavy atom. The second kappa shape index (κ2) is 10.2. The number of hydrogen-bond donors (Lipinski definition) is 2. The van der Waals surface area contributed by atoms with Crippen molar-refractivity contribution < 1.29 is 18.4 Å². The topological polar surface area (TPSA) is 88.9 Å². The first-order valence-electron chi connectivity index (χ1n) is 9.44. The smallest absolute Gasteiger partial charge is 0.251 e. The minimum atomic E-state index is -0.648. The summed E-state index contributed by atoms with van der Waals surface area (Å²) in [5.41, 5.74) is 0.709. The molecule has 162 valence electrons. The van der Waals surface area contributed by atoms with Gasteiger partial charge in [-0.3, -0.25) is 9.59 Å². The summed E-state index contributed by atoms with van der Waals surface area (Å²) in [7, 11) is 1.78. The van der Waals surface area contributed by atoms with E-state index in [2.05, 4.69) is 20.8 Å². The van der Waals surface area contributed by atoms with E-state index in [1.165, 1.54) is 36.0 Å². The molecule has 10 heteroatoms. The second-order valence-electron chi connectivity index (χ2n) is 6.92. The van der Waals surface area contributed by atoms with Gasteiger partial charge in [0.1, 0.15) is 18.0 Å². The first-order chi connectivity index (χ1) is 14.8. The lowest BCUT2D eigenvalue weighted by Gasteiger charge is -2.15. The van der Waals surface area contributed by atoms with E-state index in [1.807, 2.05) is 0 Å². The van der Waals surface area contributed by atoms with Crippen molar-refractivity contribution in [3.63, 3.8) is 0 Å². The average molecular weight is 445 g/mol. The summed E-state index contributed by atoms with van der Waals surface area (Å²) < 4.78 is 29.3. The molecule has 1 unspecified atom stereocenters. The van der Waals surface area contributed by atoms with Gasteiger partial charge in [0, 0.05) is 29.9 Å². The van der Waals surface area contributed by atoms with Crippen molar-refractivity contribution in [2.24, 2.45) is 7.05 Å². The molecule has 1 aromatic heterocycles. The highest BCUT2D eigenvalue weighted by Crippen LogP contribution is 2.17. The third-order valence-electron chi connectivity index (χ3n) is 4.36. The predicted octanol–water partition coefficient (Wildman–Crippen LogP) is 3.19. The highest BCUT2D eigenvalue weighted by Gasteiger charge is 2.16. The molecular weight excluding hydrogens is 424 g/mol. The molecule has 2 amide bonds. The van der Waals surface area contributed by atoms with Crippen molar-refractivity contribution in [3.8, 4) is 0 Å². The molecule has 0 aliphatic heterocycles. The summed E-state index contributed by atoms with van der Waals surface area (Å²) in [6.07, 6.45) is 1.56. The van der Waals surface area contributed by atoms with E-state index in [0.717, 1.165) is 0 Å². The highest BCUT2D eigenvalue weighted by molar-refractivity contribution is 7.99. The van der Waals surface area contributed by atoms with E-state index < -0.39 is 23.6 Å². The fraction of sp³-hybridized carbons (Fsp3) is 0.238. The van der Waals surface area contributed by atoms with Gasteiger partial charge < -0.3 is 15.2 Å². The highest BCUT2D eigenvalue weighted by atomic mass is 32.2. The summed E-state index contributed by atoms with van der Waals surface area (Å²) in [6.45, 7) is 1.67. The number of aromatic nitrogens is 3. The Bertz CT molecular complexity index is 1070. The molecule has 0 aliphatic rings. The summed E-state index contributed by atoms with van der Waals surface area (Å²) in [4.78, 5) is 24.7. The van der Waals surface area contributed by atoms with Crippen LogP contribution in [-0.4, -0.2) is 38.4 Å². The predicted molar refractivity (Wildman–Crippen MR) is 114 cm³/mol. The number of rotatable bonds is 8. The first-order valence-corrected chi connectivity index (χ1v) is 10.4. The Hall–Kier alpha value is -3.27. The molecule has 31 heavy (non-hydrogen) atoms. The molecule has 0 aliphatic carbocycles. The Morgan fingerprint density at radius 1 is 1.16 bits per heavy atom. The lowest BCUT2D eigenvalue weighted by Crippen LogP contribution is -2.34. The molecule has 3 rings (SSSR count). The van der Waals surface area contributed by atoms with Crippen LogP contribution in [0.15, 0.2) is 53.9 Å². The molecule has 0 radical (unpaired) electrons.